The summed E-state index contributed by atoms with van der Waals surface area (Å²) in [5.74, 6) is 6.56. The smallest absolute Gasteiger partial charge is 0.289 e. The molecule has 7 heteroatoms. The van der Waals surface area contributed by atoms with Gasteiger partial charge in [0.1, 0.15) is 0 Å². The van der Waals surface area contributed by atoms with E-state index in [-0.39, 0.29) is 12.1 Å². The summed E-state index contributed by atoms with van der Waals surface area (Å²) in [4.78, 5) is 9.90. The SMILES string of the molecule is FC(F)(F)CN1C2CCC1CC(C#Cc1cccnc1)(c1cncc(Cl)c1)C2. The lowest BCUT2D eigenvalue weighted by Gasteiger charge is -2.44. The van der Waals surface area contributed by atoms with Gasteiger partial charge in [-0.15, -0.1) is 0 Å². The largest absolute Gasteiger partial charge is 0.401 e. The molecule has 0 saturated carbocycles. The zero-order valence-corrected chi connectivity index (χ0v) is 15.8. The molecule has 0 aromatic carbocycles. The van der Waals surface area contributed by atoms with Gasteiger partial charge in [0.25, 0.3) is 0 Å². The maximum atomic E-state index is 13.0. The first-order chi connectivity index (χ1) is 13.3. The van der Waals surface area contributed by atoms with E-state index in [1.165, 1.54) is 0 Å². The lowest BCUT2D eigenvalue weighted by molar-refractivity contribution is -0.156. The van der Waals surface area contributed by atoms with Gasteiger partial charge < -0.3 is 0 Å². The summed E-state index contributed by atoms with van der Waals surface area (Å²) in [7, 11) is 0. The van der Waals surface area contributed by atoms with Crippen LogP contribution in [0.25, 0.3) is 0 Å². The molecule has 0 aliphatic carbocycles. The highest BCUT2D eigenvalue weighted by atomic mass is 35.5. The van der Waals surface area contributed by atoms with Crippen molar-refractivity contribution in [2.75, 3.05) is 6.54 Å². The van der Waals surface area contributed by atoms with E-state index in [2.05, 4.69) is 21.8 Å². The molecule has 4 heterocycles. The Morgan fingerprint density at radius 3 is 2.50 bits per heavy atom. The summed E-state index contributed by atoms with van der Waals surface area (Å²) >= 11 is 6.17. The second kappa shape index (κ2) is 7.38. The van der Waals surface area contributed by atoms with Gasteiger partial charge in [-0.2, -0.15) is 13.2 Å². The van der Waals surface area contributed by atoms with Gasteiger partial charge in [-0.05, 0) is 49.4 Å². The zero-order chi connectivity index (χ0) is 19.8. The van der Waals surface area contributed by atoms with E-state index in [4.69, 9.17) is 11.6 Å². The van der Waals surface area contributed by atoms with Gasteiger partial charge >= 0.3 is 6.18 Å². The van der Waals surface area contributed by atoms with Crippen molar-refractivity contribution >= 4 is 11.6 Å². The van der Waals surface area contributed by atoms with Crippen LogP contribution >= 0.6 is 11.6 Å². The minimum absolute atomic E-state index is 0.150. The number of nitrogens with zero attached hydrogens (tertiary/aromatic N) is 3. The van der Waals surface area contributed by atoms with E-state index >= 15 is 0 Å². The fourth-order valence-corrected chi connectivity index (χ4v) is 4.69. The number of alkyl halides is 3. The van der Waals surface area contributed by atoms with Gasteiger partial charge in [0.2, 0.25) is 0 Å². The summed E-state index contributed by atoms with van der Waals surface area (Å²) < 4.78 is 39.1. The first-order valence-electron chi connectivity index (χ1n) is 9.21. The van der Waals surface area contributed by atoms with Crippen LogP contribution in [0.3, 0.4) is 0 Å². The van der Waals surface area contributed by atoms with Crippen LogP contribution in [-0.4, -0.2) is 39.7 Å². The molecule has 2 aromatic heterocycles. The predicted molar refractivity (Wildman–Crippen MR) is 101 cm³/mol. The lowest BCUT2D eigenvalue weighted by atomic mass is 9.70. The number of hydrogen-bond donors (Lipinski definition) is 0. The molecule has 2 aliphatic heterocycles. The molecule has 0 radical (unpaired) electrons. The van der Waals surface area contributed by atoms with Crippen LogP contribution in [0.15, 0.2) is 43.0 Å². The topological polar surface area (TPSA) is 29.0 Å². The van der Waals surface area contributed by atoms with Crippen molar-refractivity contribution in [1.29, 1.82) is 0 Å². The van der Waals surface area contributed by atoms with E-state index < -0.39 is 18.1 Å². The van der Waals surface area contributed by atoms with Crippen LogP contribution < -0.4 is 0 Å². The number of hydrogen-bond acceptors (Lipinski definition) is 3. The van der Waals surface area contributed by atoms with E-state index in [1.54, 1.807) is 29.7 Å². The van der Waals surface area contributed by atoms with Crippen molar-refractivity contribution in [1.82, 2.24) is 14.9 Å². The third kappa shape index (κ3) is 4.01. The second-order valence-electron chi connectivity index (χ2n) is 7.55. The highest BCUT2D eigenvalue weighted by Gasteiger charge is 2.51. The van der Waals surface area contributed by atoms with Crippen LogP contribution in [0.1, 0.15) is 36.8 Å². The minimum Gasteiger partial charge on any atom is -0.289 e. The van der Waals surface area contributed by atoms with Crippen molar-refractivity contribution < 1.29 is 13.2 Å². The third-order valence-electron chi connectivity index (χ3n) is 5.67. The number of pyridine rings is 2. The maximum absolute atomic E-state index is 13.0. The van der Waals surface area contributed by atoms with Crippen LogP contribution in [0.4, 0.5) is 13.2 Å². The molecular weight excluding hydrogens is 387 g/mol. The Labute approximate surface area is 166 Å². The van der Waals surface area contributed by atoms with Crippen LogP contribution in [0.5, 0.6) is 0 Å². The molecule has 3 nitrogen and oxygen atoms in total. The number of fused-ring (bicyclic) bond motifs is 2. The minimum atomic E-state index is -4.19. The van der Waals surface area contributed by atoms with Gasteiger partial charge in [0.15, 0.2) is 0 Å². The van der Waals surface area contributed by atoms with Gasteiger partial charge in [-0.1, -0.05) is 23.4 Å². The monoisotopic (exact) mass is 405 g/mol. The Balaban J connectivity index is 1.71. The Morgan fingerprint density at radius 2 is 1.89 bits per heavy atom. The average molecular weight is 406 g/mol. The third-order valence-corrected chi connectivity index (χ3v) is 5.87. The van der Waals surface area contributed by atoms with Crippen molar-refractivity contribution in [3.8, 4) is 11.8 Å². The molecule has 2 aliphatic rings. The Bertz CT molecular complexity index is 890. The molecule has 0 spiro atoms. The quantitative estimate of drug-likeness (QED) is 0.683. The molecule has 2 aromatic rings. The van der Waals surface area contributed by atoms with E-state index in [1.807, 2.05) is 18.2 Å². The number of rotatable bonds is 2. The predicted octanol–water partition coefficient (Wildman–Crippen LogP) is 4.61. The van der Waals surface area contributed by atoms with E-state index in [9.17, 15) is 13.2 Å². The van der Waals surface area contributed by atoms with Gasteiger partial charge in [-0.25, -0.2) is 0 Å². The highest BCUT2D eigenvalue weighted by Crippen LogP contribution is 2.48. The van der Waals surface area contributed by atoms with Gasteiger partial charge in [0, 0.05) is 42.4 Å². The van der Waals surface area contributed by atoms with E-state index in [0.29, 0.717) is 17.9 Å². The molecular formula is C21H19ClF3N3. The fourth-order valence-electron chi connectivity index (χ4n) is 4.52. The van der Waals surface area contributed by atoms with Gasteiger partial charge in [0.05, 0.1) is 17.0 Å². The molecule has 0 amide bonds. The number of aromatic nitrogens is 2. The maximum Gasteiger partial charge on any atom is 0.401 e. The summed E-state index contributed by atoms with van der Waals surface area (Å²) in [5, 5.41) is 0.505. The molecule has 146 valence electrons. The van der Waals surface area contributed by atoms with Crippen LogP contribution in [-0.2, 0) is 5.41 Å². The molecule has 2 unspecified atom stereocenters. The normalized spacial score (nSPS) is 27.3. The Kier molecular flexibility index (Phi) is 5.07. The average Bonchev–Trinajstić information content (AvgIpc) is 2.89. The molecule has 4 rings (SSSR count). The van der Waals surface area contributed by atoms with Gasteiger partial charge in [-0.3, -0.25) is 14.9 Å². The molecule has 28 heavy (non-hydrogen) atoms. The fraction of sp³-hybridized carbons (Fsp3) is 0.429. The van der Waals surface area contributed by atoms with Crippen molar-refractivity contribution in [2.45, 2.75) is 49.4 Å². The zero-order valence-electron chi connectivity index (χ0n) is 15.1. The van der Waals surface area contributed by atoms with Crippen molar-refractivity contribution in [3.05, 3.63) is 59.1 Å². The molecule has 2 saturated heterocycles. The Morgan fingerprint density at radius 1 is 1.14 bits per heavy atom. The second-order valence-corrected chi connectivity index (χ2v) is 7.98. The number of piperidine rings is 1. The highest BCUT2D eigenvalue weighted by molar-refractivity contribution is 6.30. The van der Waals surface area contributed by atoms with Crippen LogP contribution in [0.2, 0.25) is 5.02 Å². The molecule has 0 N–H and O–H groups in total. The summed E-state index contributed by atoms with van der Waals surface area (Å²) in [6.07, 6.45) is 5.05. The van der Waals surface area contributed by atoms with E-state index in [0.717, 1.165) is 24.0 Å². The van der Waals surface area contributed by atoms with Crippen molar-refractivity contribution in [3.63, 3.8) is 0 Å². The summed E-state index contributed by atoms with van der Waals surface area (Å²) in [6, 6.07) is 5.22. The first kappa shape index (κ1) is 19.2. The lowest BCUT2D eigenvalue weighted by Crippen LogP contribution is -2.52. The standard InChI is InChI=1S/C21H19ClF3N3/c22-17-8-16(12-27-13-17)20(6-5-15-2-1-7-26-11-15)9-18-3-4-19(10-20)28(18)14-21(23,24)25/h1-2,7-8,11-13,18-19H,3-4,9-10,14H2. The first-order valence-corrected chi connectivity index (χ1v) is 9.59. The Hall–Kier alpha value is -2.10. The summed E-state index contributed by atoms with van der Waals surface area (Å²) in [5.41, 5.74) is 1.09. The van der Waals surface area contributed by atoms with Crippen LogP contribution in [0, 0.1) is 11.8 Å². The van der Waals surface area contributed by atoms with Crippen molar-refractivity contribution in [2.24, 2.45) is 0 Å². The summed E-state index contributed by atoms with van der Waals surface area (Å²) in [6.45, 7) is -0.859. The molecule has 2 bridgehead atoms. The molecule has 2 fully saturated rings. The number of halogens is 4. The molecule has 2 atom stereocenters.